The van der Waals surface area contributed by atoms with Crippen LogP contribution in [0.2, 0.25) is 0 Å². The van der Waals surface area contributed by atoms with Gasteiger partial charge in [-0.25, -0.2) is 4.52 Å². The lowest BCUT2D eigenvalue weighted by Crippen LogP contribution is -2.30. The summed E-state index contributed by atoms with van der Waals surface area (Å²) in [4.78, 5) is 21.9. The molecule has 1 N–H and O–H groups in total. The van der Waals surface area contributed by atoms with Crippen LogP contribution in [-0.2, 0) is 17.9 Å². The third-order valence-corrected chi connectivity index (χ3v) is 7.15. The Balaban J connectivity index is 0.00000144. The molecule has 1 aliphatic heterocycles. The van der Waals surface area contributed by atoms with Crippen LogP contribution >= 0.6 is 0 Å². The second kappa shape index (κ2) is 12.3. The van der Waals surface area contributed by atoms with Gasteiger partial charge >= 0.3 is 0 Å². The summed E-state index contributed by atoms with van der Waals surface area (Å²) in [5.74, 6) is 0.520. The zero-order valence-electron chi connectivity index (χ0n) is 22.5. The molecule has 1 amide bonds. The summed E-state index contributed by atoms with van der Waals surface area (Å²) in [5, 5.41) is 7.31. The van der Waals surface area contributed by atoms with Gasteiger partial charge in [0.2, 0.25) is 11.9 Å². The van der Waals surface area contributed by atoms with Gasteiger partial charge in [0.25, 0.3) is 0 Å². The van der Waals surface area contributed by atoms with Crippen molar-refractivity contribution >= 4 is 17.5 Å². The minimum Gasteiger partial charge on any atom is -0.298 e. The molecule has 0 bridgehead atoms. The molecule has 3 heterocycles. The fraction of sp³-hybridized carbons (Fsp3) is 0.387. The van der Waals surface area contributed by atoms with Crippen molar-refractivity contribution in [3.05, 3.63) is 84.1 Å². The molecule has 2 fully saturated rings. The molecule has 0 radical (unpaired) electrons. The predicted molar refractivity (Wildman–Crippen MR) is 153 cm³/mol. The number of nitrogens with one attached hydrogen (secondary N) is 1. The van der Waals surface area contributed by atoms with Crippen LogP contribution in [0.25, 0.3) is 16.8 Å². The average Bonchev–Trinajstić information content (AvgIpc) is 3.76. The van der Waals surface area contributed by atoms with Gasteiger partial charge in [-0.3, -0.25) is 19.9 Å². The maximum Gasteiger partial charge on any atom is 0.249 e. The number of pyridine rings is 1. The van der Waals surface area contributed by atoms with E-state index in [0.29, 0.717) is 5.95 Å². The van der Waals surface area contributed by atoms with E-state index in [9.17, 15) is 4.79 Å². The van der Waals surface area contributed by atoms with Crippen LogP contribution in [0.4, 0.5) is 5.95 Å². The molecule has 2 aliphatic rings. The first-order chi connectivity index (χ1) is 18.7. The monoisotopic (exact) mass is 510 g/mol. The van der Waals surface area contributed by atoms with Crippen LogP contribution in [0.1, 0.15) is 44.2 Å². The van der Waals surface area contributed by atoms with Gasteiger partial charge in [0.15, 0.2) is 5.65 Å². The molecule has 7 heteroatoms. The minimum absolute atomic E-state index is 0.0218. The Kier molecular flexibility index (Phi) is 8.46. The zero-order chi connectivity index (χ0) is 26.3. The molecule has 6 rings (SSSR count). The number of hydrogen-bond acceptors (Lipinski definition) is 5. The van der Waals surface area contributed by atoms with Crippen molar-refractivity contribution in [2.45, 2.75) is 46.2 Å². The standard InChI is InChI=1S/C29H32N6O.C2H6/c36-28(25-13-14-25)31-29-30-27-26(8-4-17-35(27)32-29)24-11-9-23(10-12-24)21-34-16-5-15-33(18-19-34)20-22-6-2-1-3-7-22;1-2/h1-4,6-12,17,25H,5,13-16,18-21H2,(H,31,32,36);1-2H3. The number of nitrogens with zero attached hydrogens (tertiary/aromatic N) is 5. The maximum absolute atomic E-state index is 12.1. The lowest BCUT2D eigenvalue weighted by molar-refractivity contribution is -0.117. The highest BCUT2D eigenvalue weighted by Crippen LogP contribution is 2.30. The Morgan fingerprint density at radius 1 is 0.842 bits per heavy atom. The number of amides is 1. The SMILES string of the molecule is CC.O=C(Nc1nc2c(-c3ccc(CN4CCCN(Cc5ccccc5)CC4)cc3)cccn2n1)C1CC1. The van der Waals surface area contributed by atoms with Crippen LogP contribution in [0.5, 0.6) is 0 Å². The molecule has 4 aromatic rings. The van der Waals surface area contributed by atoms with Crippen LogP contribution in [0, 0.1) is 5.92 Å². The molecule has 2 aromatic carbocycles. The number of benzene rings is 2. The van der Waals surface area contributed by atoms with E-state index >= 15 is 0 Å². The smallest absolute Gasteiger partial charge is 0.249 e. The number of hydrogen-bond donors (Lipinski definition) is 1. The zero-order valence-corrected chi connectivity index (χ0v) is 22.5. The van der Waals surface area contributed by atoms with Gasteiger partial charge in [-0.15, -0.1) is 5.10 Å². The maximum atomic E-state index is 12.1. The van der Waals surface area contributed by atoms with E-state index in [1.54, 1.807) is 4.52 Å². The number of rotatable bonds is 7. The van der Waals surface area contributed by atoms with Gasteiger partial charge in [0.05, 0.1) is 0 Å². The van der Waals surface area contributed by atoms with Crippen molar-refractivity contribution in [2.24, 2.45) is 5.92 Å². The normalized spacial score (nSPS) is 16.5. The molecule has 1 aliphatic carbocycles. The van der Waals surface area contributed by atoms with E-state index < -0.39 is 0 Å². The third kappa shape index (κ3) is 6.47. The van der Waals surface area contributed by atoms with Crippen molar-refractivity contribution < 1.29 is 4.79 Å². The van der Waals surface area contributed by atoms with E-state index in [4.69, 9.17) is 0 Å². The van der Waals surface area contributed by atoms with Crippen molar-refractivity contribution in [1.29, 1.82) is 0 Å². The minimum atomic E-state index is 0.0218. The van der Waals surface area contributed by atoms with E-state index in [1.807, 2.05) is 26.1 Å². The Hall–Kier alpha value is -3.55. The van der Waals surface area contributed by atoms with Crippen LogP contribution in [-0.4, -0.2) is 56.5 Å². The molecule has 198 valence electrons. The molecule has 1 saturated heterocycles. The summed E-state index contributed by atoms with van der Waals surface area (Å²) in [6, 6.07) is 23.6. The first kappa shape index (κ1) is 26.1. The summed E-state index contributed by atoms with van der Waals surface area (Å²) in [7, 11) is 0. The van der Waals surface area contributed by atoms with E-state index in [2.05, 4.69) is 85.9 Å². The lowest BCUT2D eigenvalue weighted by Gasteiger charge is -2.22. The van der Waals surface area contributed by atoms with Crippen molar-refractivity contribution in [2.75, 3.05) is 31.5 Å². The lowest BCUT2D eigenvalue weighted by atomic mass is 10.0. The van der Waals surface area contributed by atoms with Crippen LogP contribution in [0.15, 0.2) is 72.9 Å². The van der Waals surface area contributed by atoms with Gasteiger partial charge in [0, 0.05) is 43.9 Å². The quantitative estimate of drug-likeness (QED) is 0.357. The van der Waals surface area contributed by atoms with Gasteiger partial charge in [0.1, 0.15) is 0 Å². The van der Waals surface area contributed by atoms with Gasteiger partial charge in [-0.1, -0.05) is 68.4 Å². The Bertz CT molecular complexity index is 1330. The molecular formula is C31H38N6O. The highest BCUT2D eigenvalue weighted by atomic mass is 16.2. The Morgan fingerprint density at radius 2 is 1.50 bits per heavy atom. The fourth-order valence-corrected chi connectivity index (χ4v) is 4.97. The number of fused-ring (bicyclic) bond motifs is 1. The topological polar surface area (TPSA) is 65.8 Å². The second-order valence-electron chi connectivity index (χ2n) is 9.98. The summed E-state index contributed by atoms with van der Waals surface area (Å²) < 4.78 is 1.74. The first-order valence-corrected chi connectivity index (χ1v) is 14.0. The summed E-state index contributed by atoms with van der Waals surface area (Å²) >= 11 is 0. The molecule has 38 heavy (non-hydrogen) atoms. The number of aromatic nitrogens is 3. The summed E-state index contributed by atoms with van der Waals surface area (Å²) in [6.07, 6.45) is 4.98. The van der Waals surface area contributed by atoms with Gasteiger partial charge < -0.3 is 0 Å². The number of carbonyl (C=O) groups excluding carboxylic acids is 1. The van der Waals surface area contributed by atoms with Crippen molar-refractivity contribution in [1.82, 2.24) is 24.4 Å². The largest absolute Gasteiger partial charge is 0.298 e. The summed E-state index contributed by atoms with van der Waals surface area (Å²) in [5.41, 5.74) is 5.57. The average molecular weight is 511 g/mol. The van der Waals surface area contributed by atoms with Crippen LogP contribution in [0.3, 0.4) is 0 Å². The van der Waals surface area contributed by atoms with Gasteiger partial charge in [-0.05, 0) is 61.2 Å². The highest BCUT2D eigenvalue weighted by Gasteiger charge is 2.30. The third-order valence-electron chi connectivity index (χ3n) is 7.15. The van der Waals surface area contributed by atoms with E-state index in [-0.39, 0.29) is 11.8 Å². The molecule has 1 saturated carbocycles. The molecule has 0 atom stereocenters. The van der Waals surface area contributed by atoms with E-state index in [1.165, 1.54) is 17.5 Å². The molecule has 0 unspecified atom stereocenters. The van der Waals surface area contributed by atoms with Crippen LogP contribution < -0.4 is 5.32 Å². The second-order valence-corrected chi connectivity index (χ2v) is 9.98. The Morgan fingerprint density at radius 3 is 2.16 bits per heavy atom. The number of carbonyl (C=O) groups is 1. The molecule has 7 nitrogen and oxygen atoms in total. The van der Waals surface area contributed by atoms with Crippen molar-refractivity contribution in [3.8, 4) is 11.1 Å². The predicted octanol–water partition coefficient (Wildman–Crippen LogP) is 5.48. The first-order valence-electron chi connectivity index (χ1n) is 14.0. The molecular weight excluding hydrogens is 472 g/mol. The summed E-state index contributed by atoms with van der Waals surface area (Å²) in [6.45, 7) is 10.5. The van der Waals surface area contributed by atoms with E-state index in [0.717, 1.165) is 68.9 Å². The fourth-order valence-electron chi connectivity index (χ4n) is 4.97. The Labute approximate surface area is 225 Å². The van der Waals surface area contributed by atoms with Gasteiger partial charge in [-0.2, -0.15) is 4.98 Å². The molecule has 2 aromatic heterocycles. The van der Waals surface area contributed by atoms with Crippen molar-refractivity contribution in [3.63, 3.8) is 0 Å². The molecule has 0 spiro atoms. The highest BCUT2D eigenvalue weighted by molar-refractivity contribution is 5.93. The number of anilines is 1.